The van der Waals surface area contributed by atoms with Gasteiger partial charge in [-0.25, -0.2) is 0 Å². The van der Waals surface area contributed by atoms with Crippen LogP contribution < -0.4 is 5.32 Å². The molecule has 1 aromatic heterocycles. The maximum atomic E-state index is 4.64. The van der Waals surface area contributed by atoms with E-state index in [9.17, 15) is 0 Å². The van der Waals surface area contributed by atoms with Crippen LogP contribution in [-0.2, 0) is 19.5 Å². The predicted molar refractivity (Wildman–Crippen MR) is 91.4 cm³/mol. The van der Waals surface area contributed by atoms with Gasteiger partial charge in [0.05, 0.1) is 15.9 Å². The van der Waals surface area contributed by atoms with Crippen molar-refractivity contribution in [2.45, 2.75) is 53.2 Å². The quantitative estimate of drug-likeness (QED) is 0.838. The van der Waals surface area contributed by atoms with Crippen molar-refractivity contribution in [3.05, 3.63) is 51.3 Å². The summed E-state index contributed by atoms with van der Waals surface area (Å²) in [6, 6.07) is 9.03. The van der Waals surface area contributed by atoms with Gasteiger partial charge in [-0.1, -0.05) is 36.8 Å². The van der Waals surface area contributed by atoms with Gasteiger partial charge in [0, 0.05) is 19.1 Å². The summed E-state index contributed by atoms with van der Waals surface area (Å²) in [6.07, 6.45) is 0.952. The Morgan fingerprint density at radius 2 is 1.90 bits per heavy atom. The zero-order valence-corrected chi connectivity index (χ0v) is 14.9. The lowest BCUT2D eigenvalue weighted by Crippen LogP contribution is -2.20. The first-order chi connectivity index (χ1) is 10.1. The van der Waals surface area contributed by atoms with Crippen LogP contribution >= 0.6 is 15.9 Å². The summed E-state index contributed by atoms with van der Waals surface area (Å²) < 4.78 is 3.23. The molecule has 1 atom stereocenters. The van der Waals surface area contributed by atoms with Crippen molar-refractivity contribution >= 4 is 15.9 Å². The van der Waals surface area contributed by atoms with E-state index in [1.807, 2.05) is 0 Å². The molecule has 21 heavy (non-hydrogen) atoms. The third-order valence-electron chi connectivity index (χ3n) is 3.85. The molecule has 1 heterocycles. The van der Waals surface area contributed by atoms with Crippen LogP contribution in [0.25, 0.3) is 0 Å². The van der Waals surface area contributed by atoms with Crippen LogP contribution in [0.1, 0.15) is 49.3 Å². The SMILES string of the molecule is CCc1nn(CC)c(CN[C@H](C)c2ccc(C)cc2)c1Br. The van der Waals surface area contributed by atoms with Crippen molar-refractivity contribution in [1.82, 2.24) is 15.1 Å². The summed E-state index contributed by atoms with van der Waals surface area (Å²) in [6.45, 7) is 10.3. The Hall–Kier alpha value is -1.13. The average Bonchev–Trinajstić information content (AvgIpc) is 2.81. The molecule has 0 saturated carbocycles. The average molecular weight is 350 g/mol. The van der Waals surface area contributed by atoms with Crippen molar-refractivity contribution in [2.75, 3.05) is 0 Å². The normalized spacial score (nSPS) is 12.6. The Morgan fingerprint density at radius 3 is 2.48 bits per heavy atom. The minimum Gasteiger partial charge on any atom is -0.305 e. The highest BCUT2D eigenvalue weighted by Gasteiger charge is 2.14. The van der Waals surface area contributed by atoms with Gasteiger partial charge in [-0.3, -0.25) is 4.68 Å². The van der Waals surface area contributed by atoms with Crippen LogP contribution in [0.2, 0.25) is 0 Å². The minimum atomic E-state index is 0.322. The fraction of sp³-hybridized carbons (Fsp3) is 0.471. The van der Waals surface area contributed by atoms with E-state index in [1.165, 1.54) is 16.8 Å². The maximum absolute atomic E-state index is 4.64. The van der Waals surface area contributed by atoms with E-state index in [2.05, 4.69) is 83.0 Å². The van der Waals surface area contributed by atoms with Gasteiger partial charge in [0.15, 0.2) is 0 Å². The van der Waals surface area contributed by atoms with Crippen LogP contribution in [0, 0.1) is 6.92 Å². The smallest absolute Gasteiger partial charge is 0.0767 e. The molecule has 3 nitrogen and oxygen atoms in total. The molecule has 4 heteroatoms. The largest absolute Gasteiger partial charge is 0.305 e. The molecule has 1 aromatic carbocycles. The summed E-state index contributed by atoms with van der Waals surface area (Å²) in [5.74, 6) is 0. The van der Waals surface area contributed by atoms with Gasteiger partial charge in [0.25, 0.3) is 0 Å². The number of halogens is 1. The van der Waals surface area contributed by atoms with Gasteiger partial charge in [-0.2, -0.15) is 5.10 Å². The molecule has 2 rings (SSSR count). The molecule has 1 N–H and O–H groups in total. The van der Waals surface area contributed by atoms with Gasteiger partial charge in [-0.15, -0.1) is 0 Å². The van der Waals surface area contributed by atoms with Gasteiger partial charge in [-0.05, 0) is 48.7 Å². The van der Waals surface area contributed by atoms with E-state index in [-0.39, 0.29) is 0 Å². The minimum absolute atomic E-state index is 0.322. The molecule has 0 saturated heterocycles. The van der Waals surface area contributed by atoms with E-state index in [4.69, 9.17) is 0 Å². The first kappa shape index (κ1) is 16.2. The zero-order chi connectivity index (χ0) is 15.4. The lowest BCUT2D eigenvalue weighted by atomic mass is 10.1. The predicted octanol–water partition coefficient (Wildman–Crippen LogP) is 4.39. The second-order valence-electron chi connectivity index (χ2n) is 5.39. The monoisotopic (exact) mass is 349 g/mol. The van der Waals surface area contributed by atoms with Crippen molar-refractivity contribution in [3.8, 4) is 0 Å². The van der Waals surface area contributed by atoms with E-state index in [0.717, 1.165) is 29.7 Å². The van der Waals surface area contributed by atoms with Gasteiger partial charge in [0.1, 0.15) is 0 Å². The lowest BCUT2D eigenvalue weighted by molar-refractivity contribution is 0.529. The molecule has 114 valence electrons. The number of benzene rings is 1. The Labute approximate surface area is 135 Å². The molecule has 0 radical (unpaired) electrons. The standard InChI is InChI=1S/C17H24BrN3/c1-5-15-17(18)16(21(6-2)20-15)11-19-13(4)14-9-7-12(3)8-10-14/h7-10,13,19H,5-6,11H2,1-4H3/t13-/m1/s1. The van der Waals surface area contributed by atoms with Crippen molar-refractivity contribution in [3.63, 3.8) is 0 Å². The van der Waals surface area contributed by atoms with Crippen molar-refractivity contribution in [1.29, 1.82) is 0 Å². The van der Waals surface area contributed by atoms with E-state index in [1.54, 1.807) is 0 Å². The molecule has 0 spiro atoms. The van der Waals surface area contributed by atoms with Gasteiger partial charge in [0.2, 0.25) is 0 Å². The van der Waals surface area contributed by atoms with E-state index < -0.39 is 0 Å². The number of aromatic nitrogens is 2. The summed E-state index contributed by atoms with van der Waals surface area (Å²) in [4.78, 5) is 0. The number of nitrogens with zero attached hydrogens (tertiary/aromatic N) is 2. The van der Waals surface area contributed by atoms with Crippen LogP contribution in [0.15, 0.2) is 28.7 Å². The third kappa shape index (κ3) is 3.74. The molecule has 0 unspecified atom stereocenters. The Balaban J connectivity index is 2.09. The Morgan fingerprint density at radius 1 is 1.24 bits per heavy atom. The molecule has 2 aromatic rings. The number of hydrogen-bond acceptors (Lipinski definition) is 2. The first-order valence-corrected chi connectivity index (χ1v) is 8.40. The zero-order valence-electron chi connectivity index (χ0n) is 13.3. The van der Waals surface area contributed by atoms with Crippen molar-refractivity contribution < 1.29 is 0 Å². The summed E-state index contributed by atoms with van der Waals surface area (Å²) in [5.41, 5.74) is 4.98. The molecule has 0 aliphatic carbocycles. The highest BCUT2D eigenvalue weighted by atomic mass is 79.9. The Kier molecular flexibility index (Phi) is 5.59. The molecule has 0 amide bonds. The van der Waals surface area contributed by atoms with Crippen LogP contribution in [0.4, 0.5) is 0 Å². The first-order valence-electron chi connectivity index (χ1n) is 7.60. The van der Waals surface area contributed by atoms with Crippen LogP contribution in [-0.4, -0.2) is 9.78 Å². The number of aryl methyl sites for hydroxylation is 3. The third-order valence-corrected chi connectivity index (χ3v) is 4.76. The second kappa shape index (κ2) is 7.23. The molecular formula is C17H24BrN3. The number of nitrogens with one attached hydrogen (secondary N) is 1. The molecule has 0 aliphatic rings. The molecule has 0 fully saturated rings. The van der Waals surface area contributed by atoms with E-state index in [0.29, 0.717) is 6.04 Å². The fourth-order valence-corrected chi connectivity index (χ4v) is 3.11. The Bertz CT molecular complexity index is 587. The highest BCUT2D eigenvalue weighted by molar-refractivity contribution is 9.10. The molecule has 0 bridgehead atoms. The summed E-state index contributed by atoms with van der Waals surface area (Å²) in [5, 5.41) is 8.24. The van der Waals surface area contributed by atoms with Crippen molar-refractivity contribution in [2.24, 2.45) is 0 Å². The highest BCUT2D eigenvalue weighted by Crippen LogP contribution is 2.23. The maximum Gasteiger partial charge on any atom is 0.0767 e. The number of hydrogen-bond donors (Lipinski definition) is 1. The van der Waals surface area contributed by atoms with Gasteiger partial charge < -0.3 is 5.32 Å². The number of rotatable bonds is 6. The second-order valence-corrected chi connectivity index (χ2v) is 6.18. The lowest BCUT2D eigenvalue weighted by Gasteiger charge is -2.15. The fourth-order valence-electron chi connectivity index (χ4n) is 2.41. The van der Waals surface area contributed by atoms with E-state index >= 15 is 0 Å². The van der Waals surface area contributed by atoms with Crippen LogP contribution in [0.3, 0.4) is 0 Å². The molecule has 0 aliphatic heterocycles. The topological polar surface area (TPSA) is 29.9 Å². The summed E-state index contributed by atoms with van der Waals surface area (Å²) in [7, 11) is 0. The molecular weight excluding hydrogens is 326 g/mol. The van der Waals surface area contributed by atoms with Gasteiger partial charge >= 0.3 is 0 Å². The summed E-state index contributed by atoms with van der Waals surface area (Å²) >= 11 is 3.70. The van der Waals surface area contributed by atoms with Crippen LogP contribution in [0.5, 0.6) is 0 Å².